The highest BCUT2D eigenvalue weighted by Crippen LogP contribution is 2.57. The summed E-state index contributed by atoms with van der Waals surface area (Å²) in [6, 6.07) is 0. The van der Waals surface area contributed by atoms with Crippen molar-refractivity contribution in [1.29, 1.82) is 0 Å². The monoisotopic (exact) mass is 239 g/mol. The van der Waals surface area contributed by atoms with Crippen LogP contribution in [0.1, 0.15) is 71.6 Å². The average Bonchev–Trinajstić information content (AvgIpc) is 2.33. The highest BCUT2D eigenvalue weighted by Gasteiger charge is 2.57. The van der Waals surface area contributed by atoms with Gasteiger partial charge in [0.15, 0.2) is 0 Å². The van der Waals surface area contributed by atoms with Crippen LogP contribution in [-0.4, -0.2) is 17.3 Å². The SMILES string of the molecule is CC1(C)CCCCC1(O)C1(CN)CCCCC1. The van der Waals surface area contributed by atoms with Gasteiger partial charge in [-0.05, 0) is 31.1 Å². The smallest absolute Gasteiger partial charge is 0.0766 e. The van der Waals surface area contributed by atoms with Crippen LogP contribution in [-0.2, 0) is 0 Å². The Hall–Kier alpha value is -0.0800. The van der Waals surface area contributed by atoms with E-state index in [1.54, 1.807) is 0 Å². The van der Waals surface area contributed by atoms with Gasteiger partial charge in [-0.15, -0.1) is 0 Å². The minimum absolute atomic E-state index is 0.00479. The quantitative estimate of drug-likeness (QED) is 0.777. The lowest BCUT2D eigenvalue weighted by Gasteiger charge is -2.59. The van der Waals surface area contributed by atoms with Crippen molar-refractivity contribution in [2.75, 3.05) is 6.54 Å². The van der Waals surface area contributed by atoms with Crippen LogP contribution >= 0.6 is 0 Å². The topological polar surface area (TPSA) is 46.2 Å². The Labute approximate surface area is 106 Å². The molecule has 2 fully saturated rings. The average molecular weight is 239 g/mol. The van der Waals surface area contributed by atoms with Gasteiger partial charge in [0.2, 0.25) is 0 Å². The molecule has 3 N–H and O–H groups in total. The minimum atomic E-state index is -0.534. The Morgan fingerprint density at radius 2 is 1.41 bits per heavy atom. The Balaban J connectivity index is 2.32. The van der Waals surface area contributed by atoms with E-state index in [2.05, 4.69) is 13.8 Å². The van der Waals surface area contributed by atoms with Crippen molar-refractivity contribution in [2.24, 2.45) is 16.6 Å². The number of hydrogen-bond acceptors (Lipinski definition) is 2. The van der Waals surface area contributed by atoms with Crippen molar-refractivity contribution < 1.29 is 5.11 Å². The summed E-state index contributed by atoms with van der Waals surface area (Å²) in [5.41, 5.74) is 5.61. The fraction of sp³-hybridized carbons (Fsp3) is 1.00. The molecular formula is C15H29NO. The van der Waals surface area contributed by atoms with E-state index >= 15 is 0 Å². The molecule has 0 aromatic heterocycles. The van der Waals surface area contributed by atoms with Crippen LogP contribution in [0.4, 0.5) is 0 Å². The summed E-state index contributed by atoms with van der Waals surface area (Å²) in [4.78, 5) is 0. The second kappa shape index (κ2) is 4.55. The van der Waals surface area contributed by atoms with Gasteiger partial charge in [0.05, 0.1) is 5.60 Å². The third-order valence-electron chi connectivity index (χ3n) is 5.79. The molecule has 0 amide bonds. The molecule has 0 spiro atoms. The van der Waals surface area contributed by atoms with E-state index in [-0.39, 0.29) is 10.8 Å². The van der Waals surface area contributed by atoms with E-state index in [0.29, 0.717) is 6.54 Å². The molecule has 2 saturated carbocycles. The molecule has 0 bridgehead atoms. The molecule has 2 heteroatoms. The molecule has 2 aliphatic carbocycles. The summed E-state index contributed by atoms with van der Waals surface area (Å²) in [6.45, 7) is 5.16. The van der Waals surface area contributed by atoms with E-state index in [4.69, 9.17) is 5.73 Å². The first kappa shape index (κ1) is 13.4. The number of aliphatic hydroxyl groups is 1. The van der Waals surface area contributed by atoms with Crippen LogP contribution in [0.5, 0.6) is 0 Å². The third-order valence-corrected chi connectivity index (χ3v) is 5.79. The van der Waals surface area contributed by atoms with Gasteiger partial charge >= 0.3 is 0 Å². The second-order valence-electron chi connectivity index (χ2n) is 7.00. The lowest BCUT2D eigenvalue weighted by Crippen LogP contribution is -2.62. The van der Waals surface area contributed by atoms with Crippen LogP contribution in [0.25, 0.3) is 0 Å². The van der Waals surface area contributed by atoms with Crippen molar-refractivity contribution in [2.45, 2.75) is 77.2 Å². The van der Waals surface area contributed by atoms with Gasteiger partial charge in [-0.2, -0.15) is 0 Å². The maximum absolute atomic E-state index is 11.4. The van der Waals surface area contributed by atoms with Gasteiger partial charge in [0, 0.05) is 12.0 Å². The zero-order valence-electron chi connectivity index (χ0n) is 11.6. The zero-order valence-corrected chi connectivity index (χ0v) is 11.6. The first-order chi connectivity index (χ1) is 7.97. The number of hydrogen-bond donors (Lipinski definition) is 2. The predicted molar refractivity (Wildman–Crippen MR) is 71.8 cm³/mol. The molecule has 17 heavy (non-hydrogen) atoms. The highest BCUT2D eigenvalue weighted by molar-refractivity contribution is 5.09. The molecule has 0 aliphatic heterocycles. The first-order valence-electron chi connectivity index (χ1n) is 7.40. The van der Waals surface area contributed by atoms with Crippen molar-refractivity contribution in [3.8, 4) is 0 Å². The van der Waals surface area contributed by atoms with Gasteiger partial charge in [0.1, 0.15) is 0 Å². The maximum atomic E-state index is 11.4. The lowest BCUT2D eigenvalue weighted by molar-refractivity contribution is -0.192. The van der Waals surface area contributed by atoms with Gasteiger partial charge < -0.3 is 10.8 Å². The van der Waals surface area contributed by atoms with Crippen LogP contribution in [0, 0.1) is 10.8 Å². The Kier molecular flexibility index (Phi) is 3.57. The lowest BCUT2D eigenvalue weighted by atomic mass is 9.50. The van der Waals surface area contributed by atoms with Crippen LogP contribution < -0.4 is 5.73 Å². The van der Waals surface area contributed by atoms with Gasteiger partial charge in [-0.1, -0.05) is 46.0 Å². The number of rotatable bonds is 2. The summed E-state index contributed by atoms with van der Waals surface area (Å²) in [5.74, 6) is 0. The molecule has 0 aromatic carbocycles. The van der Waals surface area contributed by atoms with Crippen LogP contribution in [0.2, 0.25) is 0 Å². The first-order valence-corrected chi connectivity index (χ1v) is 7.40. The van der Waals surface area contributed by atoms with Crippen LogP contribution in [0.15, 0.2) is 0 Å². The Morgan fingerprint density at radius 1 is 0.882 bits per heavy atom. The maximum Gasteiger partial charge on any atom is 0.0766 e. The van der Waals surface area contributed by atoms with Crippen molar-refractivity contribution in [3.05, 3.63) is 0 Å². The third kappa shape index (κ3) is 1.94. The molecule has 1 atom stereocenters. The Morgan fingerprint density at radius 3 is 1.94 bits per heavy atom. The van der Waals surface area contributed by atoms with E-state index < -0.39 is 5.60 Å². The van der Waals surface area contributed by atoms with E-state index in [1.165, 1.54) is 32.1 Å². The van der Waals surface area contributed by atoms with Gasteiger partial charge in [-0.25, -0.2) is 0 Å². The largest absolute Gasteiger partial charge is 0.389 e. The molecule has 100 valence electrons. The fourth-order valence-electron chi connectivity index (χ4n) is 4.49. The highest BCUT2D eigenvalue weighted by atomic mass is 16.3. The summed E-state index contributed by atoms with van der Waals surface area (Å²) in [5, 5.41) is 11.4. The molecule has 1 unspecified atom stereocenters. The summed E-state index contributed by atoms with van der Waals surface area (Å²) < 4.78 is 0. The van der Waals surface area contributed by atoms with Crippen molar-refractivity contribution >= 4 is 0 Å². The Bertz CT molecular complexity index is 268. The molecule has 2 aliphatic rings. The molecule has 0 radical (unpaired) electrons. The number of nitrogens with two attached hydrogens (primary N) is 1. The van der Waals surface area contributed by atoms with E-state index in [1.807, 2.05) is 0 Å². The summed E-state index contributed by atoms with van der Waals surface area (Å²) in [7, 11) is 0. The zero-order chi connectivity index (χ0) is 12.6. The summed E-state index contributed by atoms with van der Waals surface area (Å²) in [6.07, 6.45) is 10.6. The van der Waals surface area contributed by atoms with Gasteiger partial charge in [-0.3, -0.25) is 0 Å². The molecule has 0 aromatic rings. The summed E-state index contributed by atoms with van der Waals surface area (Å²) >= 11 is 0. The molecule has 2 nitrogen and oxygen atoms in total. The normalized spacial score (nSPS) is 36.7. The second-order valence-corrected chi connectivity index (χ2v) is 7.00. The van der Waals surface area contributed by atoms with Crippen molar-refractivity contribution in [1.82, 2.24) is 0 Å². The molecule has 0 heterocycles. The molecular weight excluding hydrogens is 210 g/mol. The van der Waals surface area contributed by atoms with Crippen LogP contribution in [0.3, 0.4) is 0 Å². The minimum Gasteiger partial charge on any atom is -0.389 e. The standard InChI is InChI=1S/C15H29NO/c1-13(2)8-6-7-11-15(13,17)14(12-16)9-4-3-5-10-14/h17H,3-12,16H2,1-2H3. The van der Waals surface area contributed by atoms with Gasteiger partial charge in [0.25, 0.3) is 0 Å². The fourth-order valence-corrected chi connectivity index (χ4v) is 4.49. The van der Waals surface area contributed by atoms with Crippen molar-refractivity contribution in [3.63, 3.8) is 0 Å². The van der Waals surface area contributed by atoms with E-state index in [0.717, 1.165) is 25.7 Å². The molecule has 2 rings (SSSR count). The predicted octanol–water partition coefficient (Wildman–Crippen LogP) is 3.23. The molecule has 0 saturated heterocycles. The van der Waals surface area contributed by atoms with E-state index in [9.17, 15) is 5.11 Å².